The number of carbonyl (C=O) groups excluding carboxylic acids is 1. The van der Waals surface area contributed by atoms with Crippen LogP contribution < -0.4 is 14.8 Å². The summed E-state index contributed by atoms with van der Waals surface area (Å²) in [5.41, 5.74) is 2.77. The van der Waals surface area contributed by atoms with Crippen molar-refractivity contribution < 1.29 is 14.3 Å². The Kier molecular flexibility index (Phi) is 6.45. The molecule has 0 spiro atoms. The third-order valence-corrected chi connectivity index (χ3v) is 4.92. The second-order valence-corrected chi connectivity index (χ2v) is 6.94. The highest BCUT2D eigenvalue weighted by atomic mass is 35.5. The third-order valence-electron chi connectivity index (χ3n) is 4.23. The first-order chi connectivity index (χ1) is 13.5. The van der Waals surface area contributed by atoms with Crippen molar-refractivity contribution in [3.05, 3.63) is 87.4 Å². The van der Waals surface area contributed by atoms with Crippen molar-refractivity contribution >= 4 is 34.8 Å². The first-order valence-electron chi connectivity index (χ1n) is 8.60. The zero-order valence-corrected chi connectivity index (χ0v) is 17.0. The Bertz CT molecular complexity index is 991. The fraction of sp³-hybridized carbons (Fsp3) is 0.136. The second kappa shape index (κ2) is 9.00. The van der Waals surface area contributed by atoms with Gasteiger partial charge in [0.15, 0.2) is 11.5 Å². The molecule has 0 radical (unpaired) electrons. The number of methoxy groups -OCH3 is 1. The molecule has 28 heavy (non-hydrogen) atoms. The summed E-state index contributed by atoms with van der Waals surface area (Å²) < 4.78 is 11.2. The van der Waals surface area contributed by atoms with E-state index in [0.29, 0.717) is 39.4 Å². The SMILES string of the molecule is COc1c(Cl)cc(C(=O)Nc2cccc(Cl)c2C)cc1OCc1ccccc1. The lowest BCUT2D eigenvalue weighted by Crippen LogP contribution is -2.13. The summed E-state index contributed by atoms with van der Waals surface area (Å²) in [5.74, 6) is 0.458. The molecule has 0 aliphatic carbocycles. The molecule has 0 aliphatic heterocycles. The van der Waals surface area contributed by atoms with E-state index in [1.807, 2.05) is 37.3 Å². The molecule has 0 aliphatic rings. The van der Waals surface area contributed by atoms with Crippen molar-refractivity contribution in [1.82, 2.24) is 0 Å². The van der Waals surface area contributed by atoms with Crippen LogP contribution in [0, 0.1) is 6.92 Å². The van der Waals surface area contributed by atoms with E-state index in [-0.39, 0.29) is 5.91 Å². The Morgan fingerprint density at radius 1 is 1.00 bits per heavy atom. The highest BCUT2D eigenvalue weighted by Crippen LogP contribution is 2.37. The fourth-order valence-corrected chi connectivity index (χ4v) is 3.14. The van der Waals surface area contributed by atoms with Gasteiger partial charge in [-0.05, 0) is 42.3 Å². The molecule has 3 rings (SSSR count). The van der Waals surface area contributed by atoms with Gasteiger partial charge in [-0.2, -0.15) is 0 Å². The molecule has 1 N–H and O–H groups in total. The first-order valence-corrected chi connectivity index (χ1v) is 9.36. The monoisotopic (exact) mass is 415 g/mol. The number of rotatable bonds is 6. The van der Waals surface area contributed by atoms with Gasteiger partial charge in [-0.1, -0.05) is 59.6 Å². The van der Waals surface area contributed by atoms with Crippen LogP contribution in [-0.4, -0.2) is 13.0 Å². The van der Waals surface area contributed by atoms with Crippen LogP contribution in [0.25, 0.3) is 0 Å². The van der Waals surface area contributed by atoms with Crippen molar-refractivity contribution in [1.29, 1.82) is 0 Å². The minimum absolute atomic E-state index is 0.293. The van der Waals surface area contributed by atoms with Crippen LogP contribution in [-0.2, 0) is 6.61 Å². The van der Waals surface area contributed by atoms with Gasteiger partial charge in [0.25, 0.3) is 5.91 Å². The van der Waals surface area contributed by atoms with E-state index >= 15 is 0 Å². The number of ether oxygens (including phenoxy) is 2. The Hall–Kier alpha value is -2.69. The number of benzene rings is 3. The van der Waals surface area contributed by atoms with Gasteiger partial charge in [0.1, 0.15) is 6.61 Å². The molecule has 0 aromatic heterocycles. The van der Waals surface area contributed by atoms with Crippen molar-refractivity contribution in [2.75, 3.05) is 12.4 Å². The topological polar surface area (TPSA) is 47.6 Å². The Labute approximate surface area is 174 Å². The van der Waals surface area contributed by atoms with Crippen molar-refractivity contribution in [2.45, 2.75) is 13.5 Å². The molecular formula is C22H19Cl2NO3. The maximum atomic E-state index is 12.7. The van der Waals surface area contributed by atoms with E-state index < -0.39 is 0 Å². The summed E-state index contributed by atoms with van der Waals surface area (Å²) in [6.07, 6.45) is 0. The van der Waals surface area contributed by atoms with Crippen molar-refractivity contribution in [3.63, 3.8) is 0 Å². The normalized spacial score (nSPS) is 10.4. The van der Waals surface area contributed by atoms with Gasteiger partial charge in [-0.15, -0.1) is 0 Å². The number of hydrogen-bond donors (Lipinski definition) is 1. The van der Waals surface area contributed by atoms with Crippen LogP contribution in [0.1, 0.15) is 21.5 Å². The van der Waals surface area contributed by atoms with Gasteiger partial charge in [0.2, 0.25) is 0 Å². The quantitative estimate of drug-likeness (QED) is 0.525. The van der Waals surface area contributed by atoms with E-state index in [1.54, 1.807) is 30.3 Å². The molecule has 144 valence electrons. The zero-order valence-electron chi connectivity index (χ0n) is 15.5. The number of carbonyl (C=O) groups is 1. The highest BCUT2D eigenvalue weighted by molar-refractivity contribution is 6.33. The molecule has 4 nitrogen and oxygen atoms in total. The second-order valence-electron chi connectivity index (χ2n) is 6.13. The maximum absolute atomic E-state index is 12.7. The summed E-state index contributed by atoms with van der Waals surface area (Å²) in [6, 6.07) is 18.2. The van der Waals surface area contributed by atoms with Crippen LogP contribution in [0.3, 0.4) is 0 Å². The Morgan fingerprint density at radius 2 is 1.75 bits per heavy atom. The van der Waals surface area contributed by atoms with E-state index in [0.717, 1.165) is 11.1 Å². The lowest BCUT2D eigenvalue weighted by atomic mass is 10.1. The van der Waals surface area contributed by atoms with Crippen LogP contribution in [0.5, 0.6) is 11.5 Å². The van der Waals surface area contributed by atoms with Gasteiger partial charge in [-0.25, -0.2) is 0 Å². The third kappa shape index (κ3) is 4.58. The summed E-state index contributed by atoms with van der Waals surface area (Å²) in [5, 5.41) is 3.73. The molecular weight excluding hydrogens is 397 g/mol. The van der Waals surface area contributed by atoms with E-state index in [1.165, 1.54) is 7.11 Å². The van der Waals surface area contributed by atoms with Crippen molar-refractivity contribution in [2.24, 2.45) is 0 Å². The van der Waals surface area contributed by atoms with Crippen molar-refractivity contribution in [3.8, 4) is 11.5 Å². The standard InChI is InChI=1S/C22H19Cl2NO3/c1-14-17(23)9-6-10-19(14)25-22(26)16-11-18(24)21(27-2)20(12-16)28-13-15-7-4-3-5-8-15/h3-12H,13H2,1-2H3,(H,25,26). The molecule has 0 fully saturated rings. The minimum Gasteiger partial charge on any atom is -0.491 e. The van der Waals surface area contributed by atoms with E-state index in [9.17, 15) is 4.79 Å². The van der Waals surface area contributed by atoms with Gasteiger partial charge in [0.05, 0.1) is 12.1 Å². The number of hydrogen-bond acceptors (Lipinski definition) is 3. The molecule has 0 unspecified atom stereocenters. The van der Waals surface area contributed by atoms with Crippen LogP contribution in [0.4, 0.5) is 5.69 Å². The Morgan fingerprint density at radius 3 is 2.46 bits per heavy atom. The molecule has 6 heteroatoms. The summed E-state index contributed by atoms with van der Waals surface area (Å²) in [7, 11) is 1.51. The van der Waals surface area contributed by atoms with Gasteiger partial charge < -0.3 is 14.8 Å². The molecule has 3 aromatic rings. The lowest BCUT2D eigenvalue weighted by Gasteiger charge is -2.15. The summed E-state index contributed by atoms with van der Waals surface area (Å²) in [4.78, 5) is 12.7. The number of amides is 1. The molecule has 0 atom stereocenters. The van der Waals surface area contributed by atoms with Crippen LogP contribution in [0.15, 0.2) is 60.7 Å². The molecule has 0 saturated carbocycles. The van der Waals surface area contributed by atoms with E-state index in [2.05, 4.69) is 5.32 Å². The predicted octanol–water partition coefficient (Wildman–Crippen LogP) is 6.14. The zero-order chi connectivity index (χ0) is 20.1. The van der Waals surface area contributed by atoms with E-state index in [4.69, 9.17) is 32.7 Å². The van der Waals surface area contributed by atoms with Gasteiger partial charge in [0, 0.05) is 16.3 Å². The number of halogens is 2. The average Bonchev–Trinajstić information content (AvgIpc) is 2.70. The Balaban J connectivity index is 1.85. The first kappa shape index (κ1) is 20.1. The van der Waals surface area contributed by atoms with Crippen LogP contribution in [0.2, 0.25) is 10.0 Å². The molecule has 0 saturated heterocycles. The molecule has 0 bridgehead atoms. The minimum atomic E-state index is -0.320. The molecule has 1 amide bonds. The number of nitrogens with one attached hydrogen (secondary N) is 1. The smallest absolute Gasteiger partial charge is 0.255 e. The average molecular weight is 416 g/mol. The van der Waals surface area contributed by atoms with Gasteiger partial charge in [-0.3, -0.25) is 4.79 Å². The van der Waals surface area contributed by atoms with Crippen LogP contribution >= 0.6 is 23.2 Å². The maximum Gasteiger partial charge on any atom is 0.255 e. The highest BCUT2D eigenvalue weighted by Gasteiger charge is 2.17. The summed E-state index contributed by atoms with van der Waals surface area (Å²) >= 11 is 12.4. The predicted molar refractivity (Wildman–Crippen MR) is 113 cm³/mol. The largest absolute Gasteiger partial charge is 0.491 e. The molecule has 3 aromatic carbocycles. The summed E-state index contributed by atoms with van der Waals surface area (Å²) in [6.45, 7) is 2.17. The van der Waals surface area contributed by atoms with Gasteiger partial charge >= 0.3 is 0 Å². The molecule has 0 heterocycles. The fourth-order valence-electron chi connectivity index (χ4n) is 2.68. The lowest BCUT2D eigenvalue weighted by molar-refractivity contribution is 0.102. The number of anilines is 1.